The van der Waals surface area contributed by atoms with Crippen molar-refractivity contribution in [2.24, 2.45) is 0 Å². The maximum Gasteiger partial charge on any atom is 0.231 e. The van der Waals surface area contributed by atoms with E-state index in [0.29, 0.717) is 6.54 Å². The molecule has 1 aromatic carbocycles. The Bertz CT molecular complexity index is 1450. The summed E-state index contributed by atoms with van der Waals surface area (Å²) in [7, 11) is 0. The summed E-state index contributed by atoms with van der Waals surface area (Å²) in [5, 5.41) is 15.2. The summed E-state index contributed by atoms with van der Waals surface area (Å²) >= 11 is 0. The molecular weight excluding hydrogens is 410 g/mol. The molecule has 0 aliphatic heterocycles. The number of hydrogen-bond acceptors (Lipinski definition) is 5. The Balaban J connectivity index is 1.34. The van der Waals surface area contributed by atoms with Gasteiger partial charge in [-0.2, -0.15) is 0 Å². The molecule has 0 unspecified atom stereocenters. The minimum Gasteiger partial charge on any atom is -0.365 e. The van der Waals surface area contributed by atoms with Gasteiger partial charge in [-0.3, -0.25) is 15.2 Å². The van der Waals surface area contributed by atoms with E-state index in [1.165, 1.54) is 0 Å². The highest BCUT2D eigenvalue weighted by Crippen LogP contribution is 2.26. The molecule has 0 saturated carbocycles. The third-order valence-electron chi connectivity index (χ3n) is 5.71. The Morgan fingerprint density at radius 1 is 0.818 bits per heavy atom. The van der Waals surface area contributed by atoms with Gasteiger partial charge in [0.2, 0.25) is 11.9 Å². The second kappa shape index (κ2) is 8.67. The van der Waals surface area contributed by atoms with E-state index in [-0.39, 0.29) is 0 Å². The molecule has 0 saturated heterocycles. The minimum absolute atomic E-state index is 0.655. The van der Waals surface area contributed by atoms with Gasteiger partial charge in [-0.15, -0.1) is 0 Å². The van der Waals surface area contributed by atoms with Crippen LogP contribution in [0.25, 0.3) is 33.2 Å². The molecule has 6 heteroatoms. The molecule has 0 amide bonds. The second-order valence-electron chi connectivity index (χ2n) is 8.09. The predicted octanol–water partition coefficient (Wildman–Crippen LogP) is 5.11. The van der Waals surface area contributed by atoms with Crippen LogP contribution in [0, 0.1) is 13.8 Å². The number of nitrogens with zero attached hydrogens (tertiary/aromatic N) is 4. The molecule has 5 aromatic rings. The monoisotopic (exact) mass is 434 g/mol. The third kappa shape index (κ3) is 4.36. The van der Waals surface area contributed by atoms with E-state index in [0.717, 1.165) is 60.7 Å². The summed E-state index contributed by atoms with van der Waals surface area (Å²) in [4.78, 5) is 13.5. The predicted molar refractivity (Wildman–Crippen MR) is 129 cm³/mol. The van der Waals surface area contributed by atoms with Gasteiger partial charge in [-0.05, 0) is 53.3 Å². The Labute approximate surface area is 192 Å². The number of benzene rings is 1. The lowest BCUT2D eigenvalue weighted by Gasteiger charge is -2.10. The lowest BCUT2D eigenvalue weighted by Crippen LogP contribution is -2.32. The molecule has 0 aliphatic carbocycles. The zero-order chi connectivity index (χ0) is 22.8. The average Bonchev–Trinajstić information content (AvgIpc) is 2.84. The summed E-state index contributed by atoms with van der Waals surface area (Å²) in [6, 6.07) is 20.4. The highest BCUT2D eigenvalue weighted by Gasteiger charge is 2.09. The fourth-order valence-electron chi connectivity index (χ4n) is 3.86. The number of anilines is 1. The fraction of sp³-hybridized carbons (Fsp3) is 0.111. The van der Waals surface area contributed by atoms with E-state index in [2.05, 4.69) is 50.6 Å². The van der Waals surface area contributed by atoms with Gasteiger partial charge in [-0.1, -0.05) is 24.3 Å². The van der Waals surface area contributed by atoms with Crippen molar-refractivity contribution in [1.82, 2.24) is 15.0 Å². The van der Waals surface area contributed by atoms with E-state index < -0.39 is 0 Å². The van der Waals surface area contributed by atoms with Gasteiger partial charge in [0.25, 0.3) is 0 Å². The van der Waals surface area contributed by atoms with E-state index in [9.17, 15) is 5.21 Å². The third-order valence-corrected chi connectivity index (χ3v) is 5.71. The molecule has 4 aromatic heterocycles. The van der Waals surface area contributed by atoms with E-state index in [4.69, 9.17) is 0 Å². The van der Waals surface area contributed by atoms with Gasteiger partial charge in [-0.25, -0.2) is 4.98 Å². The van der Waals surface area contributed by atoms with Gasteiger partial charge in [0.15, 0.2) is 0 Å². The van der Waals surface area contributed by atoms with Crippen LogP contribution in [0.2, 0.25) is 0 Å². The zero-order valence-electron chi connectivity index (χ0n) is 18.5. The Morgan fingerprint density at radius 3 is 2.42 bits per heavy atom. The van der Waals surface area contributed by atoms with Crippen molar-refractivity contribution < 1.29 is 9.94 Å². The molecule has 0 aliphatic rings. The molecule has 0 fully saturated rings. The number of rotatable bonds is 5. The second-order valence-corrected chi connectivity index (χ2v) is 8.09. The van der Waals surface area contributed by atoms with Gasteiger partial charge in [0.05, 0.1) is 5.69 Å². The summed E-state index contributed by atoms with van der Waals surface area (Å²) in [6.07, 6.45) is 7.16. The topological polar surface area (TPSA) is 74.8 Å². The minimum atomic E-state index is 0.655. The van der Waals surface area contributed by atoms with Crippen molar-refractivity contribution in [2.75, 3.05) is 5.32 Å². The number of fused-ring (bicyclic) bond motifs is 1. The van der Waals surface area contributed by atoms with E-state index in [1.807, 2.05) is 62.8 Å². The molecule has 6 nitrogen and oxygen atoms in total. The van der Waals surface area contributed by atoms with Gasteiger partial charge in [0, 0.05) is 65.6 Å². The van der Waals surface area contributed by atoms with E-state index in [1.54, 1.807) is 6.20 Å². The van der Waals surface area contributed by atoms with Gasteiger partial charge >= 0.3 is 0 Å². The largest absolute Gasteiger partial charge is 0.365 e. The summed E-state index contributed by atoms with van der Waals surface area (Å²) in [5.74, 6) is 0.813. The maximum absolute atomic E-state index is 9.67. The quantitative estimate of drug-likeness (QED) is 0.297. The van der Waals surface area contributed by atoms with Crippen molar-refractivity contribution in [3.63, 3.8) is 0 Å². The molecule has 4 heterocycles. The number of pyridine rings is 4. The highest BCUT2D eigenvalue weighted by molar-refractivity contribution is 5.93. The first kappa shape index (κ1) is 20.6. The first-order valence-corrected chi connectivity index (χ1v) is 10.8. The van der Waals surface area contributed by atoms with Crippen molar-refractivity contribution in [1.29, 1.82) is 0 Å². The summed E-state index contributed by atoms with van der Waals surface area (Å²) in [6.45, 7) is 4.50. The van der Waals surface area contributed by atoms with Crippen LogP contribution in [0.5, 0.6) is 0 Å². The average molecular weight is 435 g/mol. The van der Waals surface area contributed by atoms with Gasteiger partial charge in [0.1, 0.15) is 5.82 Å². The van der Waals surface area contributed by atoms with Crippen molar-refractivity contribution in [3.05, 3.63) is 102 Å². The Morgan fingerprint density at radius 2 is 1.64 bits per heavy atom. The van der Waals surface area contributed by atoms with Crippen LogP contribution in [-0.4, -0.2) is 20.2 Å². The van der Waals surface area contributed by atoms with Crippen molar-refractivity contribution in [3.8, 4) is 22.4 Å². The molecule has 0 bridgehead atoms. The fourth-order valence-corrected chi connectivity index (χ4v) is 3.86. The van der Waals surface area contributed by atoms with Crippen molar-refractivity contribution >= 4 is 16.6 Å². The molecular formula is C27H24N5O+. The van der Waals surface area contributed by atoms with E-state index >= 15 is 0 Å². The van der Waals surface area contributed by atoms with Crippen LogP contribution >= 0.6 is 0 Å². The number of nitrogens with one attached hydrogen (secondary N) is 1. The molecule has 2 N–H and O–H groups in total. The SMILES string of the molecule is Cc1cc(-c2cc3ccnc(NCc4ccc(-c5cc[n+](O)c(C)c5)cc4)c3cn2)ccn1. The maximum atomic E-state index is 9.67. The van der Waals surface area contributed by atoms with Crippen LogP contribution in [0.15, 0.2) is 85.5 Å². The Kier molecular flexibility index (Phi) is 5.40. The van der Waals surface area contributed by atoms with Crippen LogP contribution in [-0.2, 0) is 6.54 Å². The number of hydrogen-bond donors (Lipinski definition) is 2. The number of aromatic nitrogens is 4. The first-order chi connectivity index (χ1) is 16.1. The lowest BCUT2D eigenvalue weighted by atomic mass is 10.0. The standard InChI is InChI=1S/C27H24N5O/c1-18-13-24(8-10-28-18)26-15-23-7-11-29-27(25(23)17-30-26)31-16-20-3-5-21(6-4-20)22-9-12-32(33)19(2)14-22/h3-15,17,33H,16H2,1-2H3,(H,29,31)/q+1. The van der Waals surface area contributed by atoms with Gasteiger partial charge < -0.3 is 5.32 Å². The van der Waals surface area contributed by atoms with Crippen LogP contribution in [0.1, 0.15) is 17.0 Å². The molecule has 0 radical (unpaired) electrons. The molecule has 0 atom stereocenters. The summed E-state index contributed by atoms with van der Waals surface area (Å²) in [5.41, 5.74) is 7.06. The first-order valence-electron chi connectivity index (χ1n) is 10.8. The van der Waals surface area contributed by atoms with Crippen LogP contribution < -0.4 is 10.0 Å². The summed E-state index contributed by atoms with van der Waals surface area (Å²) < 4.78 is 1.12. The molecule has 33 heavy (non-hydrogen) atoms. The zero-order valence-corrected chi connectivity index (χ0v) is 18.5. The Hall–Kier alpha value is -4.32. The molecule has 0 spiro atoms. The molecule has 5 rings (SSSR count). The normalized spacial score (nSPS) is 11.0. The van der Waals surface area contributed by atoms with Crippen molar-refractivity contribution in [2.45, 2.75) is 20.4 Å². The smallest absolute Gasteiger partial charge is 0.231 e. The number of aryl methyl sites for hydroxylation is 2. The lowest BCUT2D eigenvalue weighted by molar-refractivity contribution is -0.908. The van der Waals surface area contributed by atoms with Crippen LogP contribution in [0.4, 0.5) is 5.82 Å². The molecule has 162 valence electrons. The van der Waals surface area contributed by atoms with Crippen LogP contribution in [0.3, 0.4) is 0 Å². The highest BCUT2D eigenvalue weighted by atomic mass is 16.5.